The molecule has 2 amide bonds. The summed E-state index contributed by atoms with van der Waals surface area (Å²) in [5.41, 5.74) is 1.01. The highest BCUT2D eigenvalue weighted by atomic mass is 16.5. The molecule has 0 fully saturated rings. The van der Waals surface area contributed by atoms with Crippen molar-refractivity contribution < 1.29 is 19.1 Å². The molecule has 1 rings (SSSR count). The van der Waals surface area contributed by atoms with E-state index in [9.17, 15) is 14.4 Å². The highest BCUT2D eigenvalue weighted by Gasteiger charge is 2.23. The van der Waals surface area contributed by atoms with Gasteiger partial charge in [-0.25, -0.2) is 0 Å². The summed E-state index contributed by atoms with van der Waals surface area (Å²) in [6.45, 7) is 5.76. The zero-order valence-corrected chi connectivity index (χ0v) is 15.5. The van der Waals surface area contributed by atoms with Crippen molar-refractivity contribution in [3.63, 3.8) is 0 Å². The van der Waals surface area contributed by atoms with E-state index in [1.807, 2.05) is 13.8 Å². The van der Waals surface area contributed by atoms with Crippen molar-refractivity contribution in [3.05, 3.63) is 29.8 Å². The fourth-order valence-electron chi connectivity index (χ4n) is 2.22. The van der Waals surface area contributed by atoms with Crippen LogP contribution >= 0.6 is 0 Å². The molecule has 0 heterocycles. The molecule has 1 unspecified atom stereocenters. The second kappa shape index (κ2) is 9.78. The number of nitrogens with zero attached hydrogens (tertiary/aromatic N) is 1. The molecule has 2 N–H and O–H groups in total. The Morgan fingerprint density at radius 3 is 2.44 bits per heavy atom. The Labute approximate surface area is 148 Å². The molecule has 0 aliphatic rings. The molecule has 1 aromatic rings. The first-order valence-corrected chi connectivity index (χ1v) is 8.27. The van der Waals surface area contributed by atoms with Gasteiger partial charge in [-0.2, -0.15) is 0 Å². The van der Waals surface area contributed by atoms with E-state index in [2.05, 4.69) is 10.6 Å². The summed E-state index contributed by atoms with van der Waals surface area (Å²) in [5.74, 6) is -0.822. The molecule has 0 aromatic heterocycles. The van der Waals surface area contributed by atoms with Gasteiger partial charge >= 0.3 is 5.97 Å². The molecule has 0 bridgehead atoms. The van der Waals surface area contributed by atoms with Crippen molar-refractivity contribution in [2.75, 3.05) is 32.6 Å². The first kappa shape index (κ1) is 20.6. The van der Waals surface area contributed by atoms with E-state index in [0.717, 1.165) is 0 Å². The number of amides is 2. The number of benzene rings is 1. The molecule has 25 heavy (non-hydrogen) atoms. The molecule has 0 aliphatic carbocycles. The predicted octanol–water partition coefficient (Wildman–Crippen LogP) is 1.50. The first-order chi connectivity index (χ1) is 11.8. The van der Waals surface area contributed by atoms with Gasteiger partial charge in [-0.05, 0) is 31.0 Å². The SMILES string of the molecule is CCOC(=O)C(NCC(=O)Nc1cccc(C(=O)N(C)C)c1)C(C)C. The van der Waals surface area contributed by atoms with Gasteiger partial charge in [-0.1, -0.05) is 19.9 Å². The van der Waals surface area contributed by atoms with Gasteiger partial charge in [0.1, 0.15) is 6.04 Å². The molecule has 1 atom stereocenters. The number of carbonyl (C=O) groups is 3. The zero-order valence-electron chi connectivity index (χ0n) is 15.5. The van der Waals surface area contributed by atoms with Crippen LogP contribution in [-0.4, -0.2) is 56.0 Å². The zero-order chi connectivity index (χ0) is 19.0. The lowest BCUT2D eigenvalue weighted by molar-refractivity contribution is -0.146. The van der Waals surface area contributed by atoms with Gasteiger partial charge in [0.2, 0.25) is 5.91 Å². The van der Waals surface area contributed by atoms with Crippen LogP contribution in [0.5, 0.6) is 0 Å². The van der Waals surface area contributed by atoms with Crippen molar-refractivity contribution in [2.45, 2.75) is 26.8 Å². The van der Waals surface area contributed by atoms with E-state index >= 15 is 0 Å². The third-order valence-electron chi connectivity index (χ3n) is 3.49. The fourth-order valence-corrected chi connectivity index (χ4v) is 2.22. The molecule has 7 heteroatoms. The van der Waals surface area contributed by atoms with E-state index in [1.54, 1.807) is 45.3 Å². The molecule has 0 spiro atoms. The highest BCUT2D eigenvalue weighted by molar-refractivity contribution is 5.97. The molecular weight excluding hydrogens is 322 g/mol. The minimum absolute atomic E-state index is 0.00658. The Bertz CT molecular complexity index is 614. The molecule has 1 aromatic carbocycles. The van der Waals surface area contributed by atoms with E-state index in [4.69, 9.17) is 4.74 Å². The Hall–Kier alpha value is -2.41. The van der Waals surface area contributed by atoms with Crippen molar-refractivity contribution in [2.24, 2.45) is 5.92 Å². The Balaban J connectivity index is 2.66. The normalized spacial score (nSPS) is 11.8. The number of rotatable bonds is 8. The van der Waals surface area contributed by atoms with E-state index in [0.29, 0.717) is 17.9 Å². The van der Waals surface area contributed by atoms with Crippen LogP contribution in [0.3, 0.4) is 0 Å². The summed E-state index contributed by atoms with van der Waals surface area (Å²) in [6.07, 6.45) is 0. The molecule has 138 valence electrons. The Kier molecular flexibility index (Phi) is 8.07. The van der Waals surface area contributed by atoms with Crippen LogP contribution in [0.15, 0.2) is 24.3 Å². The van der Waals surface area contributed by atoms with E-state index in [1.165, 1.54) is 4.90 Å². The molecule has 0 radical (unpaired) electrons. The fraction of sp³-hybridized carbons (Fsp3) is 0.500. The molecule has 7 nitrogen and oxygen atoms in total. The van der Waals surface area contributed by atoms with Crippen LogP contribution in [0, 0.1) is 5.92 Å². The van der Waals surface area contributed by atoms with Gasteiger partial charge in [0.15, 0.2) is 0 Å². The summed E-state index contributed by atoms with van der Waals surface area (Å²) in [6, 6.07) is 6.16. The maximum absolute atomic E-state index is 12.1. The van der Waals surface area contributed by atoms with Crippen molar-refractivity contribution >= 4 is 23.5 Å². The van der Waals surface area contributed by atoms with Crippen molar-refractivity contribution in [3.8, 4) is 0 Å². The molecule has 0 aliphatic heterocycles. The minimum Gasteiger partial charge on any atom is -0.465 e. The summed E-state index contributed by atoms with van der Waals surface area (Å²) in [4.78, 5) is 37.4. The summed E-state index contributed by atoms with van der Waals surface area (Å²) in [7, 11) is 3.33. The first-order valence-electron chi connectivity index (χ1n) is 8.27. The van der Waals surface area contributed by atoms with Crippen LogP contribution in [0.25, 0.3) is 0 Å². The standard InChI is InChI=1S/C18H27N3O4/c1-6-25-18(24)16(12(2)3)19-11-15(22)20-14-9-7-8-13(10-14)17(23)21(4)5/h7-10,12,16,19H,6,11H2,1-5H3,(H,20,22). The van der Waals surface area contributed by atoms with E-state index < -0.39 is 6.04 Å². The monoisotopic (exact) mass is 349 g/mol. The van der Waals surface area contributed by atoms with Crippen molar-refractivity contribution in [1.29, 1.82) is 0 Å². The number of esters is 1. The number of nitrogens with one attached hydrogen (secondary N) is 2. The van der Waals surface area contributed by atoms with Crippen molar-refractivity contribution in [1.82, 2.24) is 10.2 Å². The highest BCUT2D eigenvalue weighted by Crippen LogP contribution is 2.12. The second-order valence-electron chi connectivity index (χ2n) is 6.18. The van der Waals surface area contributed by atoms with Gasteiger partial charge in [0.25, 0.3) is 5.91 Å². The van der Waals surface area contributed by atoms with Crippen LogP contribution in [0.2, 0.25) is 0 Å². The lowest BCUT2D eigenvalue weighted by atomic mass is 10.0. The average molecular weight is 349 g/mol. The quantitative estimate of drug-likeness (QED) is 0.695. The number of anilines is 1. The molecule has 0 saturated heterocycles. The van der Waals surface area contributed by atoms with Gasteiger partial charge in [0.05, 0.1) is 13.2 Å². The smallest absolute Gasteiger partial charge is 0.323 e. The lowest BCUT2D eigenvalue weighted by Crippen LogP contribution is -2.45. The maximum atomic E-state index is 12.1. The van der Waals surface area contributed by atoms with Crippen LogP contribution in [0.1, 0.15) is 31.1 Å². The van der Waals surface area contributed by atoms with Crippen LogP contribution in [0.4, 0.5) is 5.69 Å². The van der Waals surface area contributed by atoms with Gasteiger partial charge < -0.3 is 15.0 Å². The Morgan fingerprint density at radius 2 is 1.88 bits per heavy atom. The maximum Gasteiger partial charge on any atom is 0.323 e. The third kappa shape index (κ3) is 6.54. The average Bonchev–Trinajstić information content (AvgIpc) is 2.54. The van der Waals surface area contributed by atoms with Crippen LogP contribution in [-0.2, 0) is 14.3 Å². The summed E-state index contributed by atoms with van der Waals surface area (Å²) in [5, 5.41) is 5.63. The van der Waals surface area contributed by atoms with Gasteiger partial charge in [-0.3, -0.25) is 19.7 Å². The summed E-state index contributed by atoms with van der Waals surface area (Å²) >= 11 is 0. The topological polar surface area (TPSA) is 87.7 Å². The van der Waals surface area contributed by atoms with Gasteiger partial charge in [0, 0.05) is 25.3 Å². The number of hydrogen-bond donors (Lipinski definition) is 2. The number of carbonyl (C=O) groups excluding carboxylic acids is 3. The summed E-state index contributed by atoms with van der Waals surface area (Å²) < 4.78 is 5.01. The minimum atomic E-state index is -0.549. The largest absolute Gasteiger partial charge is 0.465 e. The lowest BCUT2D eigenvalue weighted by Gasteiger charge is -2.20. The molecular formula is C18H27N3O4. The predicted molar refractivity (Wildman–Crippen MR) is 96.4 cm³/mol. The van der Waals surface area contributed by atoms with Crippen LogP contribution < -0.4 is 10.6 Å². The number of ether oxygens (including phenoxy) is 1. The molecule has 0 saturated carbocycles. The third-order valence-corrected chi connectivity index (χ3v) is 3.49. The van der Waals surface area contributed by atoms with Gasteiger partial charge in [-0.15, -0.1) is 0 Å². The van der Waals surface area contributed by atoms with E-state index in [-0.39, 0.29) is 30.2 Å². The second-order valence-corrected chi connectivity index (χ2v) is 6.18. The Morgan fingerprint density at radius 1 is 1.20 bits per heavy atom. The number of hydrogen-bond acceptors (Lipinski definition) is 5.